The number of halogens is 2. The van der Waals surface area contributed by atoms with Gasteiger partial charge in [-0.05, 0) is 12.8 Å². The highest BCUT2D eigenvalue weighted by Gasteiger charge is 2.72. The van der Waals surface area contributed by atoms with Gasteiger partial charge in [0.05, 0.1) is 0 Å². The van der Waals surface area contributed by atoms with E-state index in [9.17, 15) is 13.6 Å². The molecule has 0 aromatic carbocycles. The maximum Gasteiger partial charge on any atom is 0.254 e. The summed E-state index contributed by atoms with van der Waals surface area (Å²) in [6.45, 7) is 3.68. The van der Waals surface area contributed by atoms with Crippen LogP contribution in [-0.2, 0) is 4.79 Å². The second-order valence-electron chi connectivity index (χ2n) is 4.61. The Morgan fingerprint density at radius 3 is 2.15 bits per heavy atom. The van der Waals surface area contributed by atoms with Crippen LogP contribution in [0.4, 0.5) is 8.78 Å². The second-order valence-corrected chi connectivity index (χ2v) is 4.61. The van der Waals surface area contributed by atoms with Gasteiger partial charge >= 0.3 is 0 Å². The van der Waals surface area contributed by atoms with Crippen LogP contribution in [0.3, 0.4) is 0 Å². The lowest BCUT2D eigenvalue weighted by atomic mass is 9.91. The Kier molecular flexibility index (Phi) is 1.76. The molecule has 0 heterocycles. The number of carbonyl (C=O) groups excluding carboxylic acids is 1. The summed E-state index contributed by atoms with van der Waals surface area (Å²) in [4.78, 5) is 11.5. The Balaban J connectivity index is 1.94. The average molecular weight is 188 g/mol. The van der Waals surface area contributed by atoms with Crippen LogP contribution in [-0.4, -0.2) is 11.7 Å². The summed E-state index contributed by atoms with van der Waals surface area (Å²) >= 11 is 0. The fourth-order valence-electron chi connectivity index (χ4n) is 2.52. The molecular formula is C10H14F2O. The quantitative estimate of drug-likeness (QED) is 0.650. The van der Waals surface area contributed by atoms with E-state index < -0.39 is 17.8 Å². The minimum atomic E-state index is -2.44. The van der Waals surface area contributed by atoms with Crippen molar-refractivity contribution in [2.75, 3.05) is 0 Å². The molecule has 0 aliphatic heterocycles. The van der Waals surface area contributed by atoms with Crippen molar-refractivity contribution in [2.24, 2.45) is 23.7 Å². The van der Waals surface area contributed by atoms with Gasteiger partial charge in [0.25, 0.3) is 5.92 Å². The molecule has 0 spiro atoms. The Labute approximate surface area is 76.5 Å². The molecule has 0 N–H and O–H groups in total. The zero-order valence-electron chi connectivity index (χ0n) is 7.89. The lowest BCUT2D eigenvalue weighted by molar-refractivity contribution is -0.126. The van der Waals surface area contributed by atoms with Crippen molar-refractivity contribution < 1.29 is 13.6 Å². The van der Waals surface area contributed by atoms with Gasteiger partial charge in [0.15, 0.2) is 0 Å². The molecule has 13 heavy (non-hydrogen) atoms. The first-order valence-corrected chi connectivity index (χ1v) is 4.86. The molecule has 3 heteroatoms. The van der Waals surface area contributed by atoms with E-state index in [1.807, 2.05) is 13.8 Å². The Bertz CT molecular complexity index is 233. The highest BCUT2D eigenvalue weighted by atomic mass is 19.3. The van der Waals surface area contributed by atoms with E-state index in [1.54, 1.807) is 0 Å². The van der Waals surface area contributed by atoms with Crippen molar-refractivity contribution in [1.82, 2.24) is 0 Å². The van der Waals surface area contributed by atoms with Gasteiger partial charge in [-0.3, -0.25) is 4.79 Å². The van der Waals surface area contributed by atoms with Crippen LogP contribution in [0.25, 0.3) is 0 Å². The van der Waals surface area contributed by atoms with Crippen molar-refractivity contribution >= 4 is 5.78 Å². The van der Waals surface area contributed by atoms with Gasteiger partial charge in [0, 0.05) is 23.7 Å². The third kappa shape index (κ3) is 1.20. The van der Waals surface area contributed by atoms with Crippen LogP contribution >= 0.6 is 0 Å². The summed E-state index contributed by atoms with van der Waals surface area (Å²) in [7, 11) is 0. The molecule has 1 nitrogen and oxygen atoms in total. The zero-order valence-corrected chi connectivity index (χ0v) is 7.89. The van der Waals surface area contributed by atoms with E-state index in [0.29, 0.717) is 12.8 Å². The standard InChI is InChI=1S/C10H14F2O/c1-5(2)9(13)6-3-7-8(4-6)10(7,11)12/h5-8H,3-4H2,1-2H3/t6-,7+,8-. The summed E-state index contributed by atoms with van der Waals surface area (Å²) in [6, 6.07) is 0. The zero-order chi connectivity index (χ0) is 9.80. The maximum atomic E-state index is 12.8. The van der Waals surface area contributed by atoms with Crippen molar-refractivity contribution in [3.05, 3.63) is 0 Å². The Morgan fingerprint density at radius 2 is 1.77 bits per heavy atom. The normalized spacial score (nSPS) is 40.5. The smallest absolute Gasteiger partial charge is 0.254 e. The highest BCUT2D eigenvalue weighted by molar-refractivity contribution is 5.83. The van der Waals surface area contributed by atoms with E-state index >= 15 is 0 Å². The molecule has 74 valence electrons. The van der Waals surface area contributed by atoms with Gasteiger partial charge in [-0.1, -0.05) is 13.8 Å². The first kappa shape index (κ1) is 9.10. The molecule has 3 atom stereocenters. The predicted octanol–water partition coefficient (Wildman–Crippen LogP) is 2.50. The molecule has 2 rings (SSSR count). The molecule has 2 aliphatic rings. The van der Waals surface area contributed by atoms with Crippen molar-refractivity contribution in [2.45, 2.75) is 32.6 Å². The number of rotatable bonds is 2. The van der Waals surface area contributed by atoms with Crippen LogP contribution in [0, 0.1) is 23.7 Å². The average Bonchev–Trinajstić information content (AvgIpc) is 2.53. The topological polar surface area (TPSA) is 17.1 Å². The summed E-state index contributed by atoms with van der Waals surface area (Å²) < 4.78 is 25.5. The minimum Gasteiger partial charge on any atom is -0.299 e. The van der Waals surface area contributed by atoms with Crippen molar-refractivity contribution in [3.8, 4) is 0 Å². The number of hydrogen-bond acceptors (Lipinski definition) is 1. The summed E-state index contributed by atoms with van der Waals surface area (Å²) in [5.74, 6) is -3.29. The lowest BCUT2D eigenvalue weighted by Crippen LogP contribution is -2.21. The van der Waals surface area contributed by atoms with Crippen molar-refractivity contribution in [3.63, 3.8) is 0 Å². The SMILES string of the molecule is CC(C)C(=O)[C@H]1C[C@@H]2[C@H](C1)C2(F)F. The third-order valence-corrected chi connectivity index (χ3v) is 3.41. The largest absolute Gasteiger partial charge is 0.299 e. The number of ketones is 1. The van der Waals surface area contributed by atoms with Crippen molar-refractivity contribution in [1.29, 1.82) is 0 Å². The molecule has 0 aromatic rings. The summed E-state index contributed by atoms with van der Waals surface area (Å²) in [6.07, 6.45) is 0.851. The summed E-state index contributed by atoms with van der Waals surface area (Å²) in [5, 5.41) is 0. The molecule has 0 saturated heterocycles. The number of alkyl halides is 2. The first-order valence-electron chi connectivity index (χ1n) is 4.86. The van der Waals surface area contributed by atoms with Crippen LogP contribution in [0.5, 0.6) is 0 Å². The van der Waals surface area contributed by atoms with E-state index in [4.69, 9.17) is 0 Å². The van der Waals surface area contributed by atoms with E-state index in [-0.39, 0.29) is 17.6 Å². The highest BCUT2D eigenvalue weighted by Crippen LogP contribution is 2.65. The predicted molar refractivity (Wildman–Crippen MR) is 44.5 cm³/mol. The Morgan fingerprint density at radius 1 is 1.31 bits per heavy atom. The third-order valence-electron chi connectivity index (χ3n) is 3.41. The van der Waals surface area contributed by atoms with Gasteiger partial charge in [0.2, 0.25) is 0 Å². The van der Waals surface area contributed by atoms with Gasteiger partial charge in [-0.25, -0.2) is 8.78 Å². The van der Waals surface area contributed by atoms with Gasteiger partial charge in [-0.15, -0.1) is 0 Å². The fourth-order valence-corrected chi connectivity index (χ4v) is 2.52. The van der Waals surface area contributed by atoms with Crippen LogP contribution in [0.15, 0.2) is 0 Å². The van der Waals surface area contributed by atoms with Crippen LogP contribution < -0.4 is 0 Å². The Hall–Kier alpha value is -0.470. The van der Waals surface area contributed by atoms with Gasteiger partial charge < -0.3 is 0 Å². The molecule has 0 unspecified atom stereocenters. The molecular weight excluding hydrogens is 174 g/mol. The van der Waals surface area contributed by atoms with Gasteiger partial charge in [-0.2, -0.15) is 0 Å². The first-order chi connectivity index (χ1) is 5.94. The van der Waals surface area contributed by atoms with E-state index in [2.05, 4.69) is 0 Å². The lowest BCUT2D eigenvalue weighted by Gasteiger charge is -2.14. The molecule has 0 radical (unpaired) electrons. The monoisotopic (exact) mass is 188 g/mol. The number of hydrogen-bond donors (Lipinski definition) is 0. The number of carbonyl (C=O) groups is 1. The second kappa shape index (κ2) is 2.52. The van der Waals surface area contributed by atoms with Gasteiger partial charge in [0.1, 0.15) is 5.78 Å². The molecule has 2 aliphatic carbocycles. The van der Waals surface area contributed by atoms with E-state index in [1.165, 1.54) is 0 Å². The fraction of sp³-hybridized carbons (Fsp3) is 0.900. The molecule has 0 bridgehead atoms. The minimum absolute atomic E-state index is 0.00359. The number of Topliss-reactive ketones (excluding diaryl/α,β-unsaturated/α-hetero) is 1. The van der Waals surface area contributed by atoms with E-state index in [0.717, 1.165) is 0 Å². The summed E-state index contributed by atoms with van der Waals surface area (Å²) in [5.41, 5.74) is 0. The van der Waals surface area contributed by atoms with Crippen LogP contribution in [0.1, 0.15) is 26.7 Å². The molecule has 0 aromatic heterocycles. The molecule has 2 saturated carbocycles. The molecule has 0 amide bonds. The maximum absolute atomic E-state index is 12.8. The number of fused-ring (bicyclic) bond motifs is 1. The van der Waals surface area contributed by atoms with Crippen LogP contribution in [0.2, 0.25) is 0 Å². The molecule has 2 fully saturated rings.